The molecule has 5 nitrogen and oxygen atoms in total. The average molecular weight is 264 g/mol. The van der Waals surface area contributed by atoms with E-state index in [-0.39, 0.29) is 18.4 Å². The molecule has 5 heteroatoms. The van der Waals surface area contributed by atoms with Crippen LogP contribution >= 0.6 is 0 Å². The number of nitrogens with two attached hydrogens (primary N) is 1. The van der Waals surface area contributed by atoms with Crippen LogP contribution in [0.2, 0.25) is 0 Å². The number of hydrogen-bond donors (Lipinski definition) is 3. The topological polar surface area (TPSA) is 92.4 Å². The summed E-state index contributed by atoms with van der Waals surface area (Å²) in [5.74, 6) is -1.33. The van der Waals surface area contributed by atoms with E-state index in [2.05, 4.69) is 5.32 Å². The number of carbonyl (C=O) groups is 2. The molecule has 0 aliphatic rings. The van der Waals surface area contributed by atoms with E-state index < -0.39 is 12.0 Å². The third-order valence-electron chi connectivity index (χ3n) is 2.75. The van der Waals surface area contributed by atoms with Gasteiger partial charge in [0.25, 0.3) is 0 Å². The maximum absolute atomic E-state index is 11.7. The van der Waals surface area contributed by atoms with Crippen LogP contribution in [-0.2, 0) is 9.59 Å². The average Bonchev–Trinajstić information content (AvgIpc) is 2.36. The number of carboxylic acids is 1. The van der Waals surface area contributed by atoms with Gasteiger partial charge in [0.15, 0.2) is 6.04 Å². The first-order valence-electron chi connectivity index (χ1n) is 6.33. The van der Waals surface area contributed by atoms with Crippen molar-refractivity contribution >= 4 is 11.9 Å². The van der Waals surface area contributed by atoms with Crippen LogP contribution in [0.15, 0.2) is 30.3 Å². The van der Waals surface area contributed by atoms with Crippen molar-refractivity contribution in [1.29, 1.82) is 0 Å². The molecule has 1 amide bonds. The summed E-state index contributed by atoms with van der Waals surface area (Å²) in [6.07, 6.45) is 1.69. The van der Waals surface area contributed by atoms with Crippen molar-refractivity contribution in [3.05, 3.63) is 35.9 Å². The number of amides is 1. The van der Waals surface area contributed by atoms with Gasteiger partial charge < -0.3 is 16.2 Å². The molecule has 0 radical (unpaired) electrons. The van der Waals surface area contributed by atoms with Crippen molar-refractivity contribution in [2.24, 2.45) is 5.73 Å². The lowest BCUT2D eigenvalue weighted by atomic mass is 10.1. The Hall–Kier alpha value is -1.88. The van der Waals surface area contributed by atoms with Gasteiger partial charge in [0.2, 0.25) is 5.91 Å². The molecule has 0 saturated carbocycles. The van der Waals surface area contributed by atoms with Crippen molar-refractivity contribution in [1.82, 2.24) is 5.32 Å². The molecule has 1 aromatic rings. The second-order valence-corrected chi connectivity index (χ2v) is 4.62. The lowest BCUT2D eigenvalue weighted by Crippen LogP contribution is -2.33. The molecule has 0 bridgehead atoms. The Morgan fingerprint density at radius 3 is 2.47 bits per heavy atom. The summed E-state index contributed by atoms with van der Waals surface area (Å²) in [6.45, 7) is 1.88. The van der Waals surface area contributed by atoms with Crippen molar-refractivity contribution in [3.63, 3.8) is 0 Å². The van der Waals surface area contributed by atoms with Gasteiger partial charge in [-0.05, 0) is 25.3 Å². The second-order valence-electron chi connectivity index (χ2n) is 4.62. The number of carbonyl (C=O) groups excluding carboxylic acids is 1. The molecule has 0 saturated heterocycles. The van der Waals surface area contributed by atoms with Gasteiger partial charge in [-0.3, -0.25) is 4.79 Å². The molecule has 104 valence electrons. The highest BCUT2D eigenvalue weighted by Crippen LogP contribution is 2.13. The summed E-state index contributed by atoms with van der Waals surface area (Å²) in [5, 5.41) is 11.7. The number of carboxylic acid groups (broad SMARTS) is 1. The van der Waals surface area contributed by atoms with Crippen molar-refractivity contribution in [3.8, 4) is 0 Å². The number of hydrogen-bond acceptors (Lipinski definition) is 3. The van der Waals surface area contributed by atoms with Gasteiger partial charge in [0.05, 0.1) is 0 Å². The van der Waals surface area contributed by atoms with Gasteiger partial charge in [-0.2, -0.15) is 0 Å². The molecule has 2 atom stereocenters. The molecule has 19 heavy (non-hydrogen) atoms. The van der Waals surface area contributed by atoms with E-state index in [1.807, 2.05) is 6.92 Å². The number of rotatable bonds is 7. The molecular formula is C14H20N2O3. The number of nitrogens with one attached hydrogen (secondary N) is 1. The van der Waals surface area contributed by atoms with Crippen LogP contribution < -0.4 is 11.1 Å². The normalized spacial score (nSPS) is 13.6. The Morgan fingerprint density at radius 2 is 1.95 bits per heavy atom. The minimum atomic E-state index is -1.06. The maximum atomic E-state index is 11.7. The van der Waals surface area contributed by atoms with Gasteiger partial charge in [0, 0.05) is 12.5 Å². The lowest BCUT2D eigenvalue weighted by molar-refractivity contribution is -0.142. The first kappa shape index (κ1) is 15.2. The second kappa shape index (κ2) is 7.53. The fraction of sp³-hybridized carbons (Fsp3) is 0.429. The highest BCUT2D eigenvalue weighted by molar-refractivity contribution is 5.84. The smallest absolute Gasteiger partial charge is 0.330 e. The molecule has 1 rings (SSSR count). The van der Waals surface area contributed by atoms with Crippen LogP contribution in [0.4, 0.5) is 0 Å². The van der Waals surface area contributed by atoms with E-state index in [9.17, 15) is 9.59 Å². The highest BCUT2D eigenvalue weighted by Gasteiger charge is 2.21. The molecule has 0 aliphatic heterocycles. The molecule has 2 unspecified atom stereocenters. The predicted molar refractivity (Wildman–Crippen MR) is 72.5 cm³/mol. The third-order valence-corrected chi connectivity index (χ3v) is 2.75. The maximum Gasteiger partial charge on any atom is 0.330 e. The van der Waals surface area contributed by atoms with Gasteiger partial charge in [-0.15, -0.1) is 0 Å². The highest BCUT2D eigenvalue weighted by atomic mass is 16.4. The van der Waals surface area contributed by atoms with E-state index in [1.165, 1.54) is 0 Å². The summed E-state index contributed by atoms with van der Waals surface area (Å²) >= 11 is 0. The largest absolute Gasteiger partial charge is 0.479 e. The molecule has 0 fully saturated rings. The van der Waals surface area contributed by atoms with Crippen molar-refractivity contribution < 1.29 is 14.7 Å². The minimum Gasteiger partial charge on any atom is -0.479 e. The predicted octanol–water partition coefficient (Wildman–Crippen LogP) is 1.45. The first-order chi connectivity index (χ1) is 9.00. The lowest BCUT2D eigenvalue weighted by Gasteiger charge is -2.15. The Bertz CT molecular complexity index is 418. The van der Waals surface area contributed by atoms with E-state index in [4.69, 9.17) is 10.8 Å². The molecule has 0 aliphatic carbocycles. The third kappa shape index (κ3) is 5.52. The number of benzene rings is 1. The van der Waals surface area contributed by atoms with Crippen LogP contribution in [0.1, 0.15) is 37.8 Å². The van der Waals surface area contributed by atoms with Gasteiger partial charge in [0.1, 0.15) is 0 Å². The molecule has 0 heterocycles. The SMILES string of the molecule is CC(N)CCCC(=O)NC(C(=O)O)c1ccccc1. The quantitative estimate of drug-likeness (QED) is 0.695. The Balaban J connectivity index is 2.55. The van der Waals surface area contributed by atoms with Crippen LogP contribution in [0.3, 0.4) is 0 Å². The zero-order valence-electron chi connectivity index (χ0n) is 11.0. The minimum absolute atomic E-state index is 0.0530. The molecule has 0 spiro atoms. The summed E-state index contributed by atoms with van der Waals surface area (Å²) < 4.78 is 0. The molecular weight excluding hydrogens is 244 g/mol. The summed E-state index contributed by atoms with van der Waals surface area (Å²) in [5.41, 5.74) is 6.16. The first-order valence-corrected chi connectivity index (χ1v) is 6.33. The van der Waals surface area contributed by atoms with E-state index in [0.717, 1.165) is 6.42 Å². The summed E-state index contributed by atoms with van der Waals surface area (Å²) in [6, 6.07) is 7.71. The monoisotopic (exact) mass is 264 g/mol. The Labute approximate surface area is 112 Å². The van der Waals surface area contributed by atoms with Crippen LogP contribution in [0.5, 0.6) is 0 Å². The van der Waals surface area contributed by atoms with Gasteiger partial charge in [-0.25, -0.2) is 4.79 Å². The van der Waals surface area contributed by atoms with Crippen molar-refractivity contribution in [2.45, 2.75) is 38.3 Å². The fourth-order valence-corrected chi connectivity index (χ4v) is 1.75. The van der Waals surface area contributed by atoms with Crippen LogP contribution in [-0.4, -0.2) is 23.0 Å². The summed E-state index contributed by atoms with van der Waals surface area (Å²) in [7, 11) is 0. The molecule has 4 N–H and O–H groups in total. The zero-order valence-corrected chi connectivity index (χ0v) is 11.0. The van der Waals surface area contributed by atoms with Gasteiger partial charge in [-0.1, -0.05) is 30.3 Å². The fourth-order valence-electron chi connectivity index (χ4n) is 1.75. The molecule has 0 aromatic heterocycles. The molecule has 1 aromatic carbocycles. The van der Waals surface area contributed by atoms with Gasteiger partial charge >= 0.3 is 5.97 Å². The summed E-state index contributed by atoms with van der Waals surface area (Å²) in [4.78, 5) is 22.9. The van der Waals surface area contributed by atoms with E-state index >= 15 is 0 Å². The van der Waals surface area contributed by atoms with E-state index in [0.29, 0.717) is 12.0 Å². The Morgan fingerprint density at radius 1 is 1.32 bits per heavy atom. The van der Waals surface area contributed by atoms with E-state index in [1.54, 1.807) is 30.3 Å². The standard InChI is InChI=1S/C14H20N2O3/c1-10(15)6-5-9-12(17)16-13(14(18)19)11-7-3-2-4-8-11/h2-4,7-8,10,13H,5-6,9,15H2,1H3,(H,16,17)(H,18,19). The zero-order chi connectivity index (χ0) is 14.3. The van der Waals surface area contributed by atoms with Crippen molar-refractivity contribution in [2.75, 3.05) is 0 Å². The van der Waals surface area contributed by atoms with Crippen LogP contribution in [0.25, 0.3) is 0 Å². The van der Waals surface area contributed by atoms with Crippen LogP contribution in [0, 0.1) is 0 Å². The Kier molecular flexibility index (Phi) is 6.02. The number of aliphatic carboxylic acids is 1.